The number of hydrogen-bond donors (Lipinski definition) is 1. The summed E-state index contributed by atoms with van der Waals surface area (Å²) in [6.45, 7) is 3.83. The normalized spacial score (nSPS) is 29.4. The van der Waals surface area contributed by atoms with Gasteiger partial charge in [-0.25, -0.2) is 0 Å². The fraction of sp³-hybridized carbons (Fsp3) is 0.788. The van der Waals surface area contributed by atoms with E-state index in [1.54, 1.807) is 0 Å². The van der Waals surface area contributed by atoms with Gasteiger partial charge in [0, 0.05) is 41.1 Å². The van der Waals surface area contributed by atoms with Gasteiger partial charge in [-0.3, -0.25) is 9.00 Å². The Kier molecular flexibility index (Phi) is 11.2. The third kappa shape index (κ3) is 8.12. The van der Waals surface area contributed by atoms with E-state index >= 15 is 0 Å². The summed E-state index contributed by atoms with van der Waals surface area (Å²) in [6.07, 6.45) is 5.71. The number of alkyl halides is 5. The number of aromatic hydroxyl groups is 1. The van der Waals surface area contributed by atoms with Crippen LogP contribution in [0.4, 0.5) is 22.0 Å². The molecule has 0 aliphatic heterocycles. The molecule has 0 heterocycles. The second-order valence-electron chi connectivity index (χ2n) is 13.4. The molecule has 2 saturated carbocycles. The van der Waals surface area contributed by atoms with Crippen LogP contribution in [0.1, 0.15) is 114 Å². The smallest absolute Gasteiger partial charge is 0.453 e. The van der Waals surface area contributed by atoms with Crippen molar-refractivity contribution in [1.29, 1.82) is 0 Å². The maximum Gasteiger partial charge on any atom is 0.453 e. The molecule has 2 fully saturated rings. The van der Waals surface area contributed by atoms with Crippen LogP contribution >= 0.6 is 0 Å². The van der Waals surface area contributed by atoms with Crippen molar-refractivity contribution in [3.63, 3.8) is 0 Å². The molecule has 0 radical (unpaired) electrons. The highest BCUT2D eigenvalue weighted by atomic mass is 32.2. The second kappa shape index (κ2) is 14.2. The standard InChI is InChI=1S/C33H47F5O4S/c1-22(39)42-29-14-13-28-30-23(20-24-21-25(40)11-12-26(24)27(30)15-16-31(28,29)2)10-8-6-4-3-5-7-9-18-43(41)19-17-32(34,35)33(36,37)38/h11-12,21,23,27-30,40H,3-10,13-20H2,1-2H3. The third-order valence-corrected chi connectivity index (χ3v) is 12.0. The van der Waals surface area contributed by atoms with Gasteiger partial charge in [-0.1, -0.05) is 51.5 Å². The molecule has 244 valence electrons. The largest absolute Gasteiger partial charge is 0.508 e. The van der Waals surface area contributed by atoms with Crippen molar-refractivity contribution >= 4 is 16.8 Å². The molecule has 10 heteroatoms. The molecule has 0 bridgehead atoms. The molecular formula is C33H47F5O4S. The zero-order chi connectivity index (χ0) is 31.4. The Labute approximate surface area is 255 Å². The van der Waals surface area contributed by atoms with E-state index in [0.29, 0.717) is 35.8 Å². The highest BCUT2D eigenvalue weighted by Crippen LogP contribution is 2.63. The van der Waals surface area contributed by atoms with Gasteiger partial charge in [-0.2, -0.15) is 22.0 Å². The number of benzene rings is 1. The summed E-state index contributed by atoms with van der Waals surface area (Å²) < 4.78 is 80.5. The lowest BCUT2D eigenvalue weighted by Gasteiger charge is -2.53. The van der Waals surface area contributed by atoms with E-state index in [2.05, 4.69) is 13.0 Å². The molecule has 7 unspecified atom stereocenters. The van der Waals surface area contributed by atoms with Crippen LogP contribution in [-0.4, -0.2) is 45.0 Å². The van der Waals surface area contributed by atoms with Crippen molar-refractivity contribution < 1.29 is 40.8 Å². The molecule has 4 nitrogen and oxygen atoms in total. The first-order chi connectivity index (χ1) is 20.2. The van der Waals surface area contributed by atoms with Crippen molar-refractivity contribution in [3.8, 4) is 5.75 Å². The Morgan fingerprint density at radius 3 is 2.35 bits per heavy atom. The average Bonchev–Trinajstić information content (AvgIpc) is 3.25. The zero-order valence-electron chi connectivity index (χ0n) is 25.4. The number of fused-ring (bicyclic) bond motifs is 5. The SMILES string of the molecule is CC(=O)OC1CCC2C3C(CCCCCCCCCS(=O)CCC(F)(F)C(F)(F)F)Cc4cc(O)ccc4C3CCC12C. The minimum Gasteiger partial charge on any atom is -0.508 e. The fourth-order valence-corrected chi connectivity index (χ4v) is 9.66. The third-order valence-electron chi connectivity index (χ3n) is 10.6. The predicted octanol–water partition coefficient (Wildman–Crippen LogP) is 8.86. The average molecular weight is 635 g/mol. The van der Waals surface area contributed by atoms with Gasteiger partial charge in [0.25, 0.3) is 0 Å². The Hall–Kier alpha value is -1.71. The topological polar surface area (TPSA) is 63.6 Å². The minimum atomic E-state index is -5.59. The number of esters is 1. The van der Waals surface area contributed by atoms with E-state index in [1.165, 1.54) is 18.1 Å². The van der Waals surface area contributed by atoms with Gasteiger partial charge in [0.2, 0.25) is 0 Å². The summed E-state index contributed by atoms with van der Waals surface area (Å²) in [6, 6.07) is 5.87. The molecule has 3 aliphatic rings. The van der Waals surface area contributed by atoms with Gasteiger partial charge < -0.3 is 9.84 Å². The van der Waals surface area contributed by atoms with Crippen molar-refractivity contribution in [2.24, 2.45) is 23.2 Å². The van der Waals surface area contributed by atoms with E-state index in [-0.39, 0.29) is 23.2 Å². The lowest BCUT2D eigenvalue weighted by Crippen LogP contribution is -2.48. The first kappa shape index (κ1) is 34.2. The molecule has 43 heavy (non-hydrogen) atoms. The Morgan fingerprint density at radius 1 is 1.00 bits per heavy atom. The van der Waals surface area contributed by atoms with E-state index in [1.807, 2.05) is 12.1 Å². The highest BCUT2D eigenvalue weighted by molar-refractivity contribution is 7.84. The van der Waals surface area contributed by atoms with Crippen molar-refractivity contribution in [1.82, 2.24) is 0 Å². The molecular weight excluding hydrogens is 587 g/mol. The first-order valence-corrected chi connectivity index (χ1v) is 17.5. The van der Waals surface area contributed by atoms with Crippen molar-refractivity contribution in [2.45, 2.75) is 128 Å². The number of rotatable bonds is 14. The summed E-state index contributed by atoms with van der Waals surface area (Å²) in [5, 5.41) is 10.2. The summed E-state index contributed by atoms with van der Waals surface area (Å²) in [5.41, 5.74) is 2.65. The number of phenols is 1. The van der Waals surface area contributed by atoms with Crippen molar-refractivity contribution in [3.05, 3.63) is 29.3 Å². The molecule has 1 N–H and O–H groups in total. The molecule has 1 aromatic rings. The molecule has 4 rings (SSSR count). The van der Waals surface area contributed by atoms with Crippen LogP contribution in [0.25, 0.3) is 0 Å². The Morgan fingerprint density at radius 2 is 1.67 bits per heavy atom. The minimum absolute atomic E-state index is 0.00236. The molecule has 3 aliphatic carbocycles. The Bertz CT molecular complexity index is 1130. The van der Waals surface area contributed by atoms with Crippen LogP contribution in [0, 0.1) is 23.2 Å². The molecule has 0 saturated heterocycles. The monoisotopic (exact) mass is 634 g/mol. The van der Waals surface area contributed by atoms with Crippen LogP contribution in [-0.2, 0) is 26.8 Å². The number of halogens is 5. The molecule has 0 spiro atoms. The van der Waals surface area contributed by atoms with Gasteiger partial charge in [-0.05, 0) is 91.9 Å². The number of hydrogen-bond acceptors (Lipinski definition) is 4. The number of ether oxygens (including phenoxy) is 1. The van der Waals surface area contributed by atoms with Gasteiger partial charge >= 0.3 is 18.1 Å². The van der Waals surface area contributed by atoms with Gasteiger partial charge in [0.1, 0.15) is 11.9 Å². The summed E-state index contributed by atoms with van der Waals surface area (Å²) in [4.78, 5) is 11.8. The number of unbranched alkanes of at least 4 members (excludes halogenated alkanes) is 6. The predicted molar refractivity (Wildman–Crippen MR) is 158 cm³/mol. The van der Waals surface area contributed by atoms with E-state index in [4.69, 9.17) is 4.74 Å². The van der Waals surface area contributed by atoms with Gasteiger partial charge in [-0.15, -0.1) is 0 Å². The maximum atomic E-state index is 13.0. The van der Waals surface area contributed by atoms with Crippen LogP contribution < -0.4 is 0 Å². The highest BCUT2D eigenvalue weighted by Gasteiger charge is 2.58. The fourth-order valence-electron chi connectivity index (χ4n) is 8.44. The van der Waals surface area contributed by atoms with E-state index in [9.17, 15) is 36.1 Å². The Balaban J connectivity index is 1.22. The summed E-state index contributed by atoms with van der Waals surface area (Å²) in [7, 11) is -1.67. The number of carbonyl (C=O) groups is 1. The van der Waals surface area contributed by atoms with E-state index in [0.717, 1.165) is 77.0 Å². The van der Waals surface area contributed by atoms with Gasteiger partial charge in [0.05, 0.1) is 0 Å². The second-order valence-corrected chi connectivity index (χ2v) is 15.1. The number of carbonyl (C=O) groups excluding carboxylic acids is 1. The molecule has 1 aromatic carbocycles. The molecule has 7 atom stereocenters. The maximum absolute atomic E-state index is 13.0. The quantitative estimate of drug-likeness (QED) is 0.126. The van der Waals surface area contributed by atoms with Crippen LogP contribution in [0.5, 0.6) is 5.75 Å². The van der Waals surface area contributed by atoms with Crippen molar-refractivity contribution in [2.75, 3.05) is 11.5 Å². The zero-order valence-corrected chi connectivity index (χ0v) is 26.2. The summed E-state index contributed by atoms with van der Waals surface area (Å²) >= 11 is 0. The van der Waals surface area contributed by atoms with Crippen LogP contribution in [0.15, 0.2) is 18.2 Å². The first-order valence-electron chi connectivity index (χ1n) is 16.0. The molecule has 0 aromatic heterocycles. The summed E-state index contributed by atoms with van der Waals surface area (Å²) in [5.74, 6) is -3.12. The lowest BCUT2D eigenvalue weighted by molar-refractivity contribution is -0.282. The van der Waals surface area contributed by atoms with Crippen LogP contribution in [0.3, 0.4) is 0 Å². The number of phenolic OH excluding ortho intramolecular Hbond substituents is 1. The lowest BCUT2D eigenvalue weighted by atomic mass is 9.52. The van der Waals surface area contributed by atoms with Gasteiger partial charge in [0.15, 0.2) is 0 Å². The molecule has 0 amide bonds. The van der Waals surface area contributed by atoms with E-state index < -0.39 is 35.1 Å². The van der Waals surface area contributed by atoms with Crippen LogP contribution in [0.2, 0.25) is 0 Å².